The van der Waals surface area contributed by atoms with Gasteiger partial charge in [0.25, 0.3) is 0 Å². The van der Waals surface area contributed by atoms with Crippen LogP contribution in [0.4, 0.5) is 0 Å². The van der Waals surface area contributed by atoms with E-state index in [-0.39, 0.29) is 11.2 Å². The maximum Gasteiger partial charge on any atom is 0.153 e. The lowest BCUT2D eigenvalue weighted by Crippen LogP contribution is -2.39. The second-order valence-electron chi connectivity index (χ2n) is 5.80. The Balaban J connectivity index is 2.01. The van der Waals surface area contributed by atoms with Crippen molar-refractivity contribution in [2.45, 2.75) is 56.6 Å². The Kier molecular flexibility index (Phi) is 4.47. The van der Waals surface area contributed by atoms with Crippen molar-refractivity contribution in [2.75, 3.05) is 12.3 Å². The topological polar surface area (TPSA) is 60.2 Å². The number of hydrogen-bond donors (Lipinski definition) is 1. The van der Waals surface area contributed by atoms with Gasteiger partial charge in [-0.15, -0.1) is 0 Å². The highest BCUT2D eigenvalue weighted by atomic mass is 32.2. The first-order valence-corrected chi connectivity index (χ1v) is 8.76. The normalized spacial score (nSPS) is 31.8. The van der Waals surface area contributed by atoms with Crippen LogP contribution in [0.25, 0.3) is 0 Å². The lowest BCUT2D eigenvalue weighted by molar-refractivity contribution is 0.361. The highest BCUT2D eigenvalue weighted by Gasteiger charge is 2.36. The summed E-state index contributed by atoms with van der Waals surface area (Å²) in [5.41, 5.74) is 5.73. The minimum absolute atomic E-state index is 0.137. The van der Waals surface area contributed by atoms with Gasteiger partial charge in [-0.1, -0.05) is 25.7 Å². The van der Waals surface area contributed by atoms with Gasteiger partial charge in [0.2, 0.25) is 0 Å². The van der Waals surface area contributed by atoms with Crippen molar-refractivity contribution in [3.8, 4) is 0 Å². The van der Waals surface area contributed by atoms with Crippen LogP contribution in [0.3, 0.4) is 0 Å². The Morgan fingerprint density at radius 2 is 1.53 bits per heavy atom. The third-order valence-electron chi connectivity index (χ3n) is 4.55. The summed E-state index contributed by atoms with van der Waals surface area (Å²) in [5, 5.41) is -0.137. The van der Waals surface area contributed by atoms with E-state index < -0.39 is 9.84 Å². The SMILES string of the molecule is NCC1CCCCC1S(=O)(=O)CC1CCCC1. The standard InChI is InChI=1S/C13H25NO2S/c14-9-12-7-3-4-8-13(12)17(15,16)10-11-5-1-2-6-11/h11-13H,1-10,14H2. The summed E-state index contributed by atoms with van der Waals surface area (Å²) < 4.78 is 24.9. The molecule has 2 aliphatic carbocycles. The van der Waals surface area contributed by atoms with Gasteiger partial charge in [0.1, 0.15) is 0 Å². The first kappa shape index (κ1) is 13.3. The van der Waals surface area contributed by atoms with Crippen molar-refractivity contribution in [3.05, 3.63) is 0 Å². The highest BCUT2D eigenvalue weighted by molar-refractivity contribution is 7.92. The summed E-state index contributed by atoms with van der Waals surface area (Å²) in [6.45, 7) is 0.536. The zero-order chi connectivity index (χ0) is 12.3. The van der Waals surface area contributed by atoms with Crippen LogP contribution < -0.4 is 5.73 Å². The van der Waals surface area contributed by atoms with Crippen LogP contribution in [-0.4, -0.2) is 26.0 Å². The number of rotatable bonds is 4. The average molecular weight is 259 g/mol. The molecule has 2 N–H and O–H groups in total. The maximum atomic E-state index is 12.5. The van der Waals surface area contributed by atoms with Crippen molar-refractivity contribution >= 4 is 9.84 Å². The predicted molar refractivity (Wildman–Crippen MR) is 70.5 cm³/mol. The molecule has 17 heavy (non-hydrogen) atoms. The molecule has 2 saturated carbocycles. The van der Waals surface area contributed by atoms with Crippen LogP contribution >= 0.6 is 0 Å². The average Bonchev–Trinajstić information content (AvgIpc) is 2.81. The molecule has 2 rings (SSSR count). The molecule has 0 radical (unpaired) electrons. The third kappa shape index (κ3) is 3.22. The molecule has 0 aromatic carbocycles. The summed E-state index contributed by atoms with van der Waals surface area (Å²) in [6.07, 6.45) is 8.71. The molecule has 0 amide bonds. The molecule has 0 spiro atoms. The van der Waals surface area contributed by atoms with Crippen LogP contribution in [0.2, 0.25) is 0 Å². The Labute approximate surface area is 105 Å². The van der Waals surface area contributed by atoms with E-state index >= 15 is 0 Å². The van der Waals surface area contributed by atoms with Gasteiger partial charge in [-0.2, -0.15) is 0 Å². The molecule has 2 fully saturated rings. The smallest absolute Gasteiger partial charge is 0.153 e. The minimum Gasteiger partial charge on any atom is -0.330 e. The summed E-state index contributed by atoms with van der Waals surface area (Å²) in [6, 6.07) is 0. The lowest BCUT2D eigenvalue weighted by atomic mass is 9.89. The van der Waals surface area contributed by atoms with Crippen LogP contribution in [0, 0.1) is 11.8 Å². The fourth-order valence-corrected chi connectivity index (χ4v) is 6.14. The van der Waals surface area contributed by atoms with Crippen molar-refractivity contribution in [1.82, 2.24) is 0 Å². The van der Waals surface area contributed by atoms with Crippen LogP contribution in [0.1, 0.15) is 51.4 Å². The predicted octanol–water partition coefficient (Wildman–Crippen LogP) is 2.11. The first-order valence-electron chi connectivity index (χ1n) is 7.05. The monoisotopic (exact) mass is 259 g/mol. The molecule has 0 aromatic rings. The number of sulfone groups is 1. The fraction of sp³-hybridized carbons (Fsp3) is 1.00. The third-order valence-corrected chi connectivity index (χ3v) is 7.03. The van der Waals surface area contributed by atoms with E-state index in [1.165, 1.54) is 12.8 Å². The van der Waals surface area contributed by atoms with E-state index in [0.717, 1.165) is 38.5 Å². The Morgan fingerprint density at radius 1 is 0.941 bits per heavy atom. The van der Waals surface area contributed by atoms with Gasteiger partial charge in [-0.05, 0) is 44.1 Å². The van der Waals surface area contributed by atoms with Gasteiger partial charge in [0.15, 0.2) is 9.84 Å². The van der Waals surface area contributed by atoms with E-state index in [0.29, 0.717) is 18.2 Å². The van der Waals surface area contributed by atoms with Crippen molar-refractivity contribution in [3.63, 3.8) is 0 Å². The Bertz CT molecular complexity index is 333. The molecular formula is C13H25NO2S. The summed E-state index contributed by atoms with van der Waals surface area (Å²) in [7, 11) is -2.91. The molecule has 2 unspecified atom stereocenters. The molecular weight excluding hydrogens is 234 g/mol. The lowest BCUT2D eigenvalue weighted by Gasteiger charge is -2.31. The molecule has 4 heteroatoms. The molecule has 3 nitrogen and oxygen atoms in total. The van der Waals surface area contributed by atoms with Gasteiger partial charge in [-0.3, -0.25) is 0 Å². The van der Waals surface area contributed by atoms with E-state index in [1.807, 2.05) is 0 Å². The number of hydrogen-bond acceptors (Lipinski definition) is 3. The number of nitrogens with two attached hydrogens (primary N) is 1. The van der Waals surface area contributed by atoms with Gasteiger partial charge in [-0.25, -0.2) is 8.42 Å². The van der Waals surface area contributed by atoms with Crippen molar-refractivity contribution < 1.29 is 8.42 Å². The molecule has 0 saturated heterocycles. The van der Waals surface area contributed by atoms with E-state index in [2.05, 4.69) is 0 Å². The fourth-order valence-electron chi connectivity index (χ4n) is 3.55. The summed E-state index contributed by atoms with van der Waals surface area (Å²) >= 11 is 0. The minimum atomic E-state index is -2.91. The largest absolute Gasteiger partial charge is 0.330 e. The van der Waals surface area contributed by atoms with Gasteiger partial charge in [0.05, 0.1) is 11.0 Å². The molecule has 2 atom stereocenters. The zero-order valence-corrected chi connectivity index (χ0v) is 11.4. The molecule has 0 aliphatic heterocycles. The van der Waals surface area contributed by atoms with E-state index in [1.54, 1.807) is 0 Å². The van der Waals surface area contributed by atoms with Crippen molar-refractivity contribution in [1.29, 1.82) is 0 Å². The molecule has 2 aliphatic rings. The van der Waals surface area contributed by atoms with Crippen LogP contribution in [0.15, 0.2) is 0 Å². The summed E-state index contributed by atoms with van der Waals surface area (Å²) in [5.74, 6) is 1.07. The Morgan fingerprint density at radius 3 is 2.18 bits per heavy atom. The van der Waals surface area contributed by atoms with E-state index in [4.69, 9.17) is 5.73 Å². The van der Waals surface area contributed by atoms with Gasteiger partial charge >= 0.3 is 0 Å². The molecule has 0 bridgehead atoms. The first-order chi connectivity index (χ1) is 8.13. The van der Waals surface area contributed by atoms with Gasteiger partial charge in [0, 0.05) is 0 Å². The Hall–Kier alpha value is -0.0900. The highest BCUT2D eigenvalue weighted by Crippen LogP contribution is 2.33. The quantitative estimate of drug-likeness (QED) is 0.841. The maximum absolute atomic E-state index is 12.5. The second-order valence-corrected chi connectivity index (χ2v) is 8.06. The molecule has 0 heterocycles. The van der Waals surface area contributed by atoms with Crippen molar-refractivity contribution in [2.24, 2.45) is 17.6 Å². The zero-order valence-electron chi connectivity index (χ0n) is 10.6. The van der Waals surface area contributed by atoms with Crippen LogP contribution in [0.5, 0.6) is 0 Å². The van der Waals surface area contributed by atoms with E-state index in [9.17, 15) is 8.42 Å². The van der Waals surface area contributed by atoms with Gasteiger partial charge < -0.3 is 5.73 Å². The van der Waals surface area contributed by atoms with Crippen LogP contribution in [-0.2, 0) is 9.84 Å². The summed E-state index contributed by atoms with van der Waals surface area (Å²) in [4.78, 5) is 0. The molecule has 0 aromatic heterocycles. The molecule has 100 valence electrons. The second kappa shape index (κ2) is 5.70.